The fraction of sp³-hybridized carbons (Fsp3) is 0.286. The van der Waals surface area contributed by atoms with Crippen molar-refractivity contribution in [1.82, 2.24) is 10.2 Å². The summed E-state index contributed by atoms with van der Waals surface area (Å²) >= 11 is 1.21. The first kappa shape index (κ1) is 20.7. The van der Waals surface area contributed by atoms with Crippen LogP contribution in [0.4, 0.5) is 11.4 Å². The van der Waals surface area contributed by atoms with E-state index in [-0.39, 0.29) is 12.5 Å². The molecule has 3 rings (SSSR count). The van der Waals surface area contributed by atoms with Crippen molar-refractivity contribution in [2.75, 3.05) is 24.3 Å². The van der Waals surface area contributed by atoms with Crippen LogP contribution < -0.4 is 15.0 Å². The standard InChI is InChI=1S/C21H24N4O3S/c1-14-6-5-7-18(12-14)27-13-19-23-24-21(28-19)29-15(2)20(26)22-16-8-10-17(11-9-16)25(3)4/h5-12,15H,13H2,1-4H3,(H,22,26)/t15-/m0/s1. The second kappa shape index (κ2) is 9.47. The molecular weight excluding hydrogens is 388 g/mol. The number of carbonyl (C=O) groups excluding carboxylic acids is 1. The van der Waals surface area contributed by atoms with Gasteiger partial charge in [0.25, 0.3) is 11.1 Å². The average molecular weight is 413 g/mol. The van der Waals surface area contributed by atoms with E-state index in [9.17, 15) is 4.79 Å². The minimum atomic E-state index is -0.394. The number of aryl methyl sites for hydroxylation is 1. The molecule has 0 unspecified atom stereocenters. The lowest BCUT2D eigenvalue weighted by molar-refractivity contribution is -0.115. The lowest BCUT2D eigenvalue weighted by atomic mass is 10.2. The molecular formula is C21H24N4O3S. The number of rotatable bonds is 8. The molecule has 1 atom stereocenters. The van der Waals surface area contributed by atoms with Gasteiger partial charge in [-0.15, -0.1) is 10.2 Å². The van der Waals surface area contributed by atoms with Crippen LogP contribution in [0, 0.1) is 6.92 Å². The van der Waals surface area contributed by atoms with E-state index in [1.165, 1.54) is 11.8 Å². The molecule has 0 saturated carbocycles. The van der Waals surface area contributed by atoms with Crippen molar-refractivity contribution >= 4 is 29.0 Å². The van der Waals surface area contributed by atoms with Crippen LogP contribution in [0.25, 0.3) is 0 Å². The van der Waals surface area contributed by atoms with Gasteiger partial charge in [-0.05, 0) is 55.8 Å². The van der Waals surface area contributed by atoms with Crippen LogP contribution in [0.1, 0.15) is 18.4 Å². The number of carbonyl (C=O) groups is 1. The first-order chi connectivity index (χ1) is 13.9. The highest BCUT2D eigenvalue weighted by Gasteiger charge is 2.18. The number of amides is 1. The number of benzene rings is 2. The van der Waals surface area contributed by atoms with E-state index in [0.29, 0.717) is 11.1 Å². The molecule has 0 bridgehead atoms. The molecule has 7 nitrogen and oxygen atoms in total. The highest BCUT2D eigenvalue weighted by atomic mass is 32.2. The summed E-state index contributed by atoms with van der Waals surface area (Å²) in [6.45, 7) is 3.97. The van der Waals surface area contributed by atoms with Gasteiger partial charge in [0, 0.05) is 25.5 Å². The molecule has 0 radical (unpaired) electrons. The normalized spacial score (nSPS) is 11.7. The Morgan fingerprint density at radius 2 is 1.97 bits per heavy atom. The molecule has 152 valence electrons. The smallest absolute Gasteiger partial charge is 0.277 e. The summed E-state index contributed by atoms with van der Waals surface area (Å²) in [6.07, 6.45) is 0. The fourth-order valence-corrected chi connectivity index (χ4v) is 3.19. The van der Waals surface area contributed by atoms with E-state index in [1.807, 2.05) is 74.4 Å². The zero-order valence-electron chi connectivity index (χ0n) is 16.9. The maximum Gasteiger partial charge on any atom is 0.277 e. The topological polar surface area (TPSA) is 80.5 Å². The molecule has 1 N–H and O–H groups in total. The zero-order chi connectivity index (χ0) is 20.8. The molecule has 1 amide bonds. The van der Waals surface area contributed by atoms with Crippen molar-refractivity contribution in [2.24, 2.45) is 0 Å². The third-order valence-corrected chi connectivity index (χ3v) is 5.03. The Morgan fingerprint density at radius 1 is 1.21 bits per heavy atom. The molecule has 0 aliphatic rings. The molecule has 2 aromatic carbocycles. The van der Waals surface area contributed by atoms with Crippen LogP contribution in [0.2, 0.25) is 0 Å². The van der Waals surface area contributed by atoms with E-state index in [1.54, 1.807) is 6.92 Å². The molecule has 3 aromatic rings. The van der Waals surface area contributed by atoms with Gasteiger partial charge in [-0.2, -0.15) is 0 Å². The van der Waals surface area contributed by atoms with Crippen LogP contribution in [0.15, 0.2) is 58.2 Å². The number of ether oxygens (including phenoxy) is 1. The van der Waals surface area contributed by atoms with Gasteiger partial charge < -0.3 is 19.4 Å². The van der Waals surface area contributed by atoms with Crippen LogP contribution in [-0.4, -0.2) is 35.4 Å². The zero-order valence-corrected chi connectivity index (χ0v) is 17.7. The van der Waals surface area contributed by atoms with Gasteiger partial charge in [-0.3, -0.25) is 4.79 Å². The van der Waals surface area contributed by atoms with E-state index in [4.69, 9.17) is 9.15 Å². The molecule has 8 heteroatoms. The summed E-state index contributed by atoms with van der Waals surface area (Å²) < 4.78 is 11.2. The van der Waals surface area contributed by atoms with Gasteiger partial charge in [-0.25, -0.2) is 0 Å². The van der Waals surface area contributed by atoms with Crippen LogP contribution >= 0.6 is 11.8 Å². The molecule has 0 aliphatic carbocycles. The second-order valence-corrected chi connectivity index (χ2v) is 8.05. The van der Waals surface area contributed by atoms with Crippen molar-refractivity contribution in [3.05, 3.63) is 60.0 Å². The average Bonchev–Trinajstić information content (AvgIpc) is 3.14. The van der Waals surface area contributed by atoms with Crippen molar-refractivity contribution in [3.63, 3.8) is 0 Å². The molecule has 1 heterocycles. The van der Waals surface area contributed by atoms with E-state index in [0.717, 1.165) is 22.7 Å². The number of nitrogens with zero attached hydrogens (tertiary/aromatic N) is 3. The summed E-state index contributed by atoms with van der Waals surface area (Å²) in [6, 6.07) is 15.4. The van der Waals surface area contributed by atoms with E-state index < -0.39 is 5.25 Å². The molecule has 29 heavy (non-hydrogen) atoms. The Balaban J connectivity index is 1.51. The van der Waals surface area contributed by atoms with Crippen molar-refractivity contribution < 1.29 is 13.9 Å². The maximum atomic E-state index is 12.4. The minimum Gasteiger partial charge on any atom is -0.484 e. The fourth-order valence-electron chi connectivity index (χ4n) is 2.49. The number of aromatic nitrogens is 2. The first-order valence-corrected chi connectivity index (χ1v) is 10.1. The monoisotopic (exact) mass is 412 g/mol. The van der Waals surface area contributed by atoms with Gasteiger partial charge in [0.1, 0.15) is 5.75 Å². The Kier molecular flexibility index (Phi) is 6.77. The SMILES string of the molecule is Cc1cccc(OCc2nnc(S[C@@H](C)C(=O)Nc3ccc(N(C)C)cc3)o2)c1. The predicted molar refractivity (Wildman–Crippen MR) is 115 cm³/mol. The largest absolute Gasteiger partial charge is 0.484 e. The summed E-state index contributed by atoms with van der Waals surface area (Å²) in [5, 5.41) is 10.8. The predicted octanol–water partition coefficient (Wildman–Crippen LogP) is 4.14. The van der Waals surface area contributed by atoms with E-state index in [2.05, 4.69) is 15.5 Å². The van der Waals surface area contributed by atoms with Crippen molar-refractivity contribution in [2.45, 2.75) is 30.9 Å². The highest BCUT2D eigenvalue weighted by Crippen LogP contribution is 2.24. The Hall–Kier alpha value is -3.00. The van der Waals surface area contributed by atoms with Crippen LogP contribution in [0.5, 0.6) is 5.75 Å². The lowest BCUT2D eigenvalue weighted by Crippen LogP contribution is -2.22. The van der Waals surface area contributed by atoms with Gasteiger partial charge in [0.05, 0.1) is 5.25 Å². The highest BCUT2D eigenvalue weighted by molar-refractivity contribution is 8.00. The number of hydrogen-bond donors (Lipinski definition) is 1. The molecule has 1 aromatic heterocycles. The Labute approximate surface area is 174 Å². The van der Waals surface area contributed by atoms with Crippen LogP contribution in [0.3, 0.4) is 0 Å². The number of nitrogens with one attached hydrogen (secondary N) is 1. The molecule has 0 spiro atoms. The number of hydrogen-bond acceptors (Lipinski definition) is 7. The minimum absolute atomic E-state index is 0.136. The lowest BCUT2D eigenvalue weighted by Gasteiger charge is -2.14. The second-order valence-electron chi connectivity index (χ2n) is 6.76. The van der Waals surface area contributed by atoms with Gasteiger partial charge in [0.2, 0.25) is 5.91 Å². The quantitative estimate of drug-likeness (QED) is 0.557. The number of anilines is 2. The molecule has 0 aliphatic heterocycles. The Bertz CT molecular complexity index is 957. The Morgan fingerprint density at radius 3 is 2.66 bits per heavy atom. The molecule has 0 saturated heterocycles. The van der Waals surface area contributed by atoms with Gasteiger partial charge in [-0.1, -0.05) is 23.9 Å². The van der Waals surface area contributed by atoms with Crippen molar-refractivity contribution in [1.29, 1.82) is 0 Å². The maximum absolute atomic E-state index is 12.4. The number of thioether (sulfide) groups is 1. The van der Waals surface area contributed by atoms with Crippen molar-refractivity contribution in [3.8, 4) is 5.75 Å². The third-order valence-electron chi connectivity index (χ3n) is 4.10. The van der Waals surface area contributed by atoms with Gasteiger partial charge in [0.15, 0.2) is 6.61 Å². The molecule has 0 fully saturated rings. The third kappa shape index (κ3) is 5.99. The summed E-state index contributed by atoms with van der Waals surface area (Å²) in [7, 11) is 3.94. The summed E-state index contributed by atoms with van der Waals surface area (Å²) in [5.41, 5.74) is 2.92. The first-order valence-electron chi connectivity index (χ1n) is 9.17. The summed E-state index contributed by atoms with van der Waals surface area (Å²) in [5.74, 6) is 0.967. The van der Waals surface area contributed by atoms with Gasteiger partial charge >= 0.3 is 0 Å². The van der Waals surface area contributed by atoms with E-state index >= 15 is 0 Å². The van der Waals surface area contributed by atoms with Crippen LogP contribution in [-0.2, 0) is 11.4 Å². The summed E-state index contributed by atoms with van der Waals surface area (Å²) in [4.78, 5) is 14.4.